The zero-order chi connectivity index (χ0) is 8.39. The van der Waals surface area contributed by atoms with Crippen molar-refractivity contribution in [2.75, 3.05) is 13.2 Å². The zero-order valence-corrected chi connectivity index (χ0v) is 7.28. The second-order valence-corrected chi connectivity index (χ2v) is 3.91. The van der Waals surface area contributed by atoms with Gasteiger partial charge in [-0.15, -0.1) is 0 Å². The first-order valence-electron chi connectivity index (χ1n) is 4.77. The highest BCUT2D eigenvalue weighted by Gasteiger charge is 2.28. The molecule has 2 atom stereocenters. The summed E-state index contributed by atoms with van der Waals surface area (Å²) in [5, 5.41) is 9.50. The van der Waals surface area contributed by atoms with Gasteiger partial charge in [0, 0.05) is 5.92 Å². The Labute approximate surface area is 73.2 Å². The molecular formula is C10H16O2. The summed E-state index contributed by atoms with van der Waals surface area (Å²) in [7, 11) is 0. The van der Waals surface area contributed by atoms with E-state index in [1.54, 1.807) is 0 Å². The number of hydrogen-bond donors (Lipinski definition) is 1. The fraction of sp³-hybridized carbons (Fsp3) is 0.800. The Balaban J connectivity index is 1.78. The number of aliphatic hydroxyl groups is 1. The molecule has 0 bridgehead atoms. The summed E-state index contributed by atoms with van der Waals surface area (Å²) in [4.78, 5) is 0. The molecular weight excluding hydrogens is 152 g/mol. The van der Waals surface area contributed by atoms with Crippen molar-refractivity contribution in [1.82, 2.24) is 0 Å². The maximum atomic E-state index is 9.50. The standard InChI is InChI=1S/C10H16O2/c11-10-7-12-6-9(10)5-8-3-1-2-4-8/h1-2,8-11H,3-7H2/t9-,10-/m1/s1. The van der Waals surface area contributed by atoms with E-state index >= 15 is 0 Å². The van der Waals surface area contributed by atoms with Crippen LogP contribution in [0.25, 0.3) is 0 Å². The van der Waals surface area contributed by atoms with Gasteiger partial charge in [-0.1, -0.05) is 12.2 Å². The smallest absolute Gasteiger partial charge is 0.0823 e. The number of aliphatic hydroxyl groups excluding tert-OH is 1. The first-order chi connectivity index (χ1) is 5.86. The Hall–Kier alpha value is -0.340. The van der Waals surface area contributed by atoms with Crippen molar-refractivity contribution in [1.29, 1.82) is 0 Å². The fourth-order valence-electron chi connectivity index (χ4n) is 2.11. The highest BCUT2D eigenvalue weighted by molar-refractivity contribution is 4.95. The van der Waals surface area contributed by atoms with E-state index in [0.717, 1.165) is 18.9 Å². The Morgan fingerprint density at radius 3 is 2.58 bits per heavy atom. The van der Waals surface area contributed by atoms with Gasteiger partial charge in [0.2, 0.25) is 0 Å². The van der Waals surface area contributed by atoms with Crippen molar-refractivity contribution in [2.24, 2.45) is 11.8 Å². The van der Waals surface area contributed by atoms with Crippen LogP contribution in [0.15, 0.2) is 12.2 Å². The predicted octanol–water partition coefficient (Wildman–Crippen LogP) is 1.35. The largest absolute Gasteiger partial charge is 0.390 e. The lowest BCUT2D eigenvalue weighted by atomic mass is 9.91. The minimum absolute atomic E-state index is 0.203. The molecule has 0 aromatic rings. The van der Waals surface area contributed by atoms with Crippen molar-refractivity contribution < 1.29 is 9.84 Å². The molecule has 2 nitrogen and oxygen atoms in total. The van der Waals surface area contributed by atoms with Gasteiger partial charge in [0.1, 0.15) is 0 Å². The lowest BCUT2D eigenvalue weighted by Crippen LogP contribution is -2.20. The van der Waals surface area contributed by atoms with E-state index in [1.807, 2.05) is 0 Å². The molecule has 68 valence electrons. The molecule has 1 heterocycles. The average Bonchev–Trinajstić information content (AvgIpc) is 2.65. The lowest BCUT2D eigenvalue weighted by molar-refractivity contribution is 0.114. The molecule has 2 rings (SSSR count). The van der Waals surface area contributed by atoms with E-state index in [0.29, 0.717) is 12.5 Å². The van der Waals surface area contributed by atoms with E-state index in [9.17, 15) is 5.11 Å². The van der Waals surface area contributed by atoms with Gasteiger partial charge in [-0.2, -0.15) is 0 Å². The van der Waals surface area contributed by atoms with E-state index in [1.165, 1.54) is 12.8 Å². The monoisotopic (exact) mass is 168 g/mol. The molecule has 1 N–H and O–H groups in total. The molecule has 2 aliphatic rings. The zero-order valence-electron chi connectivity index (χ0n) is 7.28. The molecule has 0 spiro atoms. The number of rotatable bonds is 2. The van der Waals surface area contributed by atoms with Crippen LogP contribution in [0.2, 0.25) is 0 Å². The minimum Gasteiger partial charge on any atom is -0.390 e. The summed E-state index contributed by atoms with van der Waals surface area (Å²) in [6.45, 7) is 1.31. The van der Waals surface area contributed by atoms with Crippen LogP contribution in [0.3, 0.4) is 0 Å². The van der Waals surface area contributed by atoms with Crippen molar-refractivity contribution >= 4 is 0 Å². The maximum Gasteiger partial charge on any atom is 0.0823 e. The van der Waals surface area contributed by atoms with Crippen LogP contribution in [-0.2, 0) is 4.74 Å². The first kappa shape index (κ1) is 8.27. The van der Waals surface area contributed by atoms with Gasteiger partial charge >= 0.3 is 0 Å². The molecule has 0 amide bonds. The molecule has 0 unspecified atom stereocenters. The molecule has 0 aromatic carbocycles. The Morgan fingerprint density at radius 2 is 2.00 bits per heavy atom. The molecule has 0 radical (unpaired) electrons. The normalized spacial score (nSPS) is 36.4. The molecule has 1 aliphatic heterocycles. The predicted molar refractivity (Wildman–Crippen MR) is 46.8 cm³/mol. The van der Waals surface area contributed by atoms with Crippen LogP contribution in [0.1, 0.15) is 19.3 Å². The van der Waals surface area contributed by atoms with E-state index < -0.39 is 0 Å². The summed E-state index contributed by atoms with van der Waals surface area (Å²) in [6, 6.07) is 0. The number of hydrogen-bond acceptors (Lipinski definition) is 2. The molecule has 0 aromatic heterocycles. The first-order valence-corrected chi connectivity index (χ1v) is 4.77. The third kappa shape index (κ3) is 1.70. The molecule has 0 saturated carbocycles. The van der Waals surface area contributed by atoms with Gasteiger partial charge in [0.05, 0.1) is 19.3 Å². The SMILES string of the molecule is O[C@@H]1COC[C@H]1CC1CC=CC1. The van der Waals surface area contributed by atoms with E-state index in [-0.39, 0.29) is 6.10 Å². The summed E-state index contributed by atoms with van der Waals surface area (Å²) < 4.78 is 5.21. The molecule has 12 heavy (non-hydrogen) atoms. The summed E-state index contributed by atoms with van der Waals surface area (Å²) >= 11 is 0. The van der Waals surface area contributed by atoms with Gasteiger partial charge in [-0.25, -0.2) is 0 Å². The van der Waals surface area contributed by atoms with Gasteiger partial charge < -0.3 is 9.84 Å². The van der Waals surface area contributed by atoms with Gasteiger partial charge in [0.15, 0.2) is 0 Å². The van der Waals surface area contributed by atoms with Crippen LogP contribution in [0.4, 0.5) is 0 Å². The van der Waals surface area contributed by atoms with Crippen molar-refractivity contribution in [3.63, 3.8) is 0 Å². The highest BCUT2D eigenvalue weighted by atomic mass is 16.5. The Bertz CT molecular complexity index is 169. The minimum atomic E-state index is -0.203. The van der Waals surface area contributed by atoms with Crippen LogP contribution in [0, 0.1) is 11.8 Å². The van der Waals surface area contributed by atoms with Crippen molar-refractivity contribution in [3.05, 3.63) is 12.2 Å². The second-order valence-electron chi connectivity index (χ2n) is 3.91. The number of ether oxygens (including phenoxy) is 1. The second kappa shape index (κ2) is 3.58. The van der Waals surface area contributed by atoms with Crippen LogP contribution in [0.5, 0.6) is 0 Å². The molecule has 1 aliphatic carbocycles. The van der Waals surface area contributed by atoms with E-state index in [4.69, 9.17) is 4.74 Å². The van der Waals surface area contributed by atoms with E-state index in [2.05, 4.69) is 12.2 Å². The molecule has 1 fully saturated rings. The maximum absolute atomic E-state index is 9.50. The highest BCUT2D eigenvalue weighted by Crippen LogP contribution is 2.29. The third-order valence-corrected chi connectivity index (χ3v) is 2.91. The van der Waals surface area contributed by atoms with Gasteiger partial charge in [-0.3, -0.25) is 0 Å². The van der Waals surface area contributed by atoms with Crippen LogP contribution < -0.4 is 0 Å². The summed E-state index contributed by atoms with van der Waals surface area (Å²) in [5.74, 6) is 1.17. The fourth-order valence-corrected chi connectivity index (χ4v) is 2.11. The van der Waals surface area contributed by atoms with Gasteiger partial charge in [-0.05, 0) is 25.2 Å². The van der Waals surface area contributed by atoms with Gasteiger partial charge in [0.25, 0.3) is 0 Å². The topological polar surface area (TPSA) is 29.5 Å². The molecule has 1 saturated heterocycles. The third-order valence-electron chi connectivity index (χ3n) is 2.91. The Morgan fingerprint density at radius 1 is 1.25 bits per heavy atom. The Kier molecular flexibility index (Phi) is 2.47. The van der Waals surface area contributed by atoms with Crippen LogP contribution >= 0.6 is 0 Å². The molecule has 2 heteroatoms. The van der Waals surface area contributed by atoms with Crippen molar-refractivity contribution in [3.8, 4) is 0 Å². The quantitative estimate of drug-likeness (QED) is 0.631. The van der Waals surface area contributed by atoms with Crippen LogP contribution in [-0.4, -0.2) is 24.4 Å². The number of allylic oxidation sites excluding steroid dienone is 2. The average molecular weight is 168 g/mol. The summed E-state index contributed by atoms with van der Waals surface area (Å²) in [5.41, 5.74) is 0. The lowest BCUT2D eigenvalue weighted by Gasteiger charge is -2.16. The van der Waals surface area contributed by atoms with Crippen molar-refractivity contribution in [2.45, 2.75) is 25.4 Å². The summed E-state index contributed by atoms with van der Waals surface area (Å²) in [6.07, 6.45) is 7.81.